The second-order valence-corrected chi connectivity index (χ2v) is 9.67. The van der Waals surface area contributed by atoms with E-state index in [2.05, 4.69) is 26.1 Å². The third-order valence-electron chi connectivity index (χ3n) is 3.86. The molecule has 6 heteroatoms. The van der Waals surface area contributed by atoms with Crippen molar-refractivity contribution < 1.29 is 8.42 Å². The van der Waals surface area contributed by atoms with Crippen LogP contribution in [0, 0.1) is 0 Å². The molecule has 0 amide bonds. The van der Waals surface area contributed by atoms with Gasteiger partial charge in [0.1, 0.15) is 4.21 Å². The lowest BCUT2D eigenvalue weighted by molar-refractivity contribution is 0.233. The first kappa shape index (κ1) is 15.9. The maximum atomic E-state index is 12.8. The fraction of sp³-hybridized carbons (Fsp3) is 0.714. The molecule has 1 fully saturated rings. The first-order chi connectivity index (χ1) is 9.14. The first-order valence-corrected chi connectivity index (χ1v) is 9.25. The highest BCUT2D eigenvalue weighted by atomic mass is 32.2. The van der Waals surface area contributed by atoms with Crippen LogP contribution in [0.15, 0.2) is 16.3 Å². The molecule has 1 aliphatic rings. The molecule has 0 radical (unpaired) electrons. The van der Waals surface area contributed by atoms with E-state index >= 15 is 0 Å². The van der Waals surface area contributed by atoms with E-state index in [-0.39, 0.29) is 17.5 Å². The Bertz CT molecular complexity index is 572. The lowest BCUT2D eigenvalue weighted by Crippen LogP contribution is -2.56. The van der Waals surface area contributed by atoms with E-state index in [1.54, 1.807) is 10.4 Å². The minimum Gasteiger partial charge on any atom is -0.311 e. The second kappa shape index (κ2) is 5.40. The van der Waals surface area contributed by atoms with Crippen LogP contribution in [0.4, 0.5) is 0 Å². The molecule has 1 saturated heterocycles. The van der Waals surface area contributed by atoms with Crippen molar-refractivity contribution in [3.8, 4) is 0 Å². The third-order valence-corrected chi connectivity index (χ3v) is 7.82. The summed E-state index contributed by atoms with van der Waals surface area (Å²) < 4.78 is 27.7. The third kappa shape index (κ3) is 2.93. The Morgan fingerprint density at radius 1 is 1.30 bits per heavy atom. The van der Waals surface area contributed by atoms with Crippen molar-refractivity contribution in [1.29, 1.82) is 0 Å². The van der Waals surface area contributed by atoms with Gasteiger partial charge < -0.3 is 5.32 Å². The minimum atomic E-state index is -3.37. The van der Waals surface area contributed by atoms with Gasteiger partial charge in [-0.3, -0.25) is 0 Å². The van der Waals surface area contributed by atoms with E-state index in [4.69, 9.17) is 0 Å². The Labute approximate surface area is 126 Å². The number of hydrogen-bond donors (Lipinski definition) is 1. The van der Waals surface area contributed by atoms with Gasteiger partial charge in [-0.2, -0.15) is 4.31 Å². The van der Waals surface area contributed by atoms with Crippen LogP contribution < -0.4 is 5.32 Å². The van der Waals surface area contributed by atoms with Crippen LogP contribution >= 0.6 is 11.3 Å². The number of sulfonamides is 1. The first-order valence-electron chi connectivity index (χ1n) is 6.99. The smallest absolute Gasteiger partial charge is 0.252 e. The summed E-state index contributed by atoms with van der Waals surface area (Å²) in [5.74, 6) is 0. The Kier molecular flexibility index (Phi) is 4.31. The Morgan fingerprint density at radius 2 is 1.95 bits per heavy atom. The normalized spacial score (nSPS) is 25.9. The molecule has 2 atom stereocenters. The summed E-state index contributed by atoms with van der Waals surface area (Å²) in [4.78, 5) is 1.10. The molecule has 4 nitrogen and oxygen atoms in total. The summed E-state index contributed by atoms with van der Waals surface area (Å²) >= 11 is 1.39. The van der Waals surface area contributed by atoms with E-state index in [9.17, 15) is 8.42 Å². The van der Waals surface area contributed by atoms with Crippen molar-refractivity contribution >= 4 is 21.4 Å². The zero-order chi connectivity index (χ0) is 15.1. The van der Waals surface area contributed by atoms with E-state index in [0.717, 1.165) is 4.88 Å². The molecule has 1 aliphatic heterocycles. The van der Waals surface area contributed by atoms with Crippen LogP contribution in [0.25, 0.3) is 0 Å². The predicted molar refractivity (Wildman–Crippen MR) is 83.8 cm³/mol. The molecule has 0 spiro atoms. The average Bonchev–Trinajstić information content (AvgIpc) is 2.82. The Hall–Kier alpha value is -0.430. The molecule has 1 N–H and O–H groups in total. The van der Waals surface area contributed by atoms with Crippen LogP contribution in [0.5, 0.6) is 0 Å². The molecule has 114 valence electrons. The minimum absolute atomic E-state index is 0.0131. The summed E-state index contributed by atoms with van der Waals surface area (Å²) in [6.07, 6.45) is 0. The topological polar surface area (TPSA) is 49.4 Å². The molecule has 0 aromatic carbocycles. The number of nitrogens with one attached hydrogen (secondary N) is 1. The largest absolute Gasteiger partial charge is 0.311 e. The van der Waals surface area contributed by atoms with Crippen molar-refractivity contribution in [2.45, 2.75) is 56.3 Å². The fourth-order valence-corrected chi connectivity index (χ4v) is 5.54. The summed E-state index contributed by atoms with van der Waals surface area (Å²) in [6, 6.07) is 3.85. The van der Waals surface area contributed by atoms with Gasteiger partial charge in [-0.15, -0.1) is 11.3 Å². The molecule has 20 heavy (non-hydrogen) atoms. The number of thiophene rings is 1. The van der Waals surface area contributed by atoms with Gasteiger partial charge in [-0.25, -0.2) is 8.42 Å². The molecular formula is C14H24N2O2S2. The van der Waals surface area contributed by atoms with Gasteiger partial charge in [0.05, 0.1) is 0 Å². The SMILES string of the molecule is CC1NCCN(S(=O)(=O)c2ccc(C(C)(C)C)s2)C1C. The molecular weight excluding hydrogens is 292 g/mol. The molecule has 2 heterocycles. The lowest BCUT2D eigenvalue weighted by atomic mass is 9.95. The van der Waals surface area contributed by atoms with Crippen LogP contribution in [-0.2, 0) is 15.4 Å². The molecule has 0 bridgehead atoms. The van der Waals surface area contributed by atoms with Crippen molar-refractivity contribution in [2.75, 3.05) is 13.1 Å². The highest BCUT2D eigenvalue weighted by Gasteiger charge is 2.35. The summed E-state index contributed by atoms with van der Waals surface area (Å²) in [6.45, 7) is 11.5. The maximum Gasteiger partial charge on any atom is 0.252 e. The lowest BCUT2D eigenvalue weighted by Gasteiger charge is -2.37. The van der Waals surface area contributed by atoms with Crippen LogP contribution in [0.3, 0.4) is 0 Å². The average molecular weight is 316 g/mol. The summed E-state index contributed by atoms with van der Waals surface area (Å²) in [5.41, 5.74) is -0.0131. The summed E-state index contributed by atoms with van der Waals surface area (Å²) in [7, 11) is -3.37. The van der Waals surface area contributed by atoms with Gasteiger partial charge in [0.15, 0.2) is 0 Å². The fourth-order valence-electron chi connectivity index (χ4n) is 2.34. The van der Waals surface area contributed by atoms with E-state index in [1.165, 1.54) is 11.3 Å². The molecule has 0 saturated carbocycles. The molecule has 0 aliphatic carbocycles. The zero-order valence-electron chi connectivity index (χ0n) is 12.8. The molecule has 1 aromatic rings. The van der Waals surface area contributed by atoms with Gasteiger partial charge in [-0.1, -0.05) is 20.8 Å². The highest BCUT2D eigenvalue weighted by Crippen LogP contribution is 2.33. The number of rotatable bonds is 2. The highest BCUT2D eigenvalue weighted by molar-refractivity contribution is 7.91. The number of piperazine rings is 1. The van der Waals surface area contributed by atoms with Gasteiger partial charge in [0.2, 0.25) is 0 Å². The van der Waals surface area contributed by atoms with Crippen LogP contribution in [0.2, 0.25) is 0 Å². The van der Waals surface area contributed by atoms with Crippen molar-refractivity contribution in [2.24, 2.45) is 0 Å². The molecule has 2 rings (SSSR count). The van der Waals surface area contributed by atoms with Gasteiger partial charge in [0.25, 0.3) is 10.0 Å². The van der Waals surface area contributed by atoms with Crippen LogP contribution in [-0.4, -0.2) is 37.9 Å². The monoisotopic (exact) mass is 316 g/mol. The number of nitrogens with zero attached hydrogens (tertiary/aromatic N) is 1. The van der Waals surface area contributed by atoms with E-state index in [0.29, 0.717) is 17.3 Å². The molecule has 1 aromatic heterocycles. The van der Waals surface area contributed by atoms with Gasteiger partial charge in [0, 0.05) is 30.1 Å². The Balaban J connectivity index is 2.33. The van der Waals surface area contributed by atoms with E-state index < -0.39 is 10.0 Å². The van der Waals surface area contributed by atoms with Crippen LogP contribution in [0.1, 0.15) is 39.5 Å². The quantitative estimate of drug-likeness (QED) is 0.911. The zero-order valence-corrected chi connectivity index (χ0v) is 14.4. The number of hydrogen-bond acceptors (Lipinski definition) is 4. The second-order valence-electron chi connectivity index (χ2n) is 6.47. The van der Waals surface area contributed by atoms with E-state index in [1.807, 2.05) is 19.9 Å². The van der Waals surface area contributed by atoms with Gasteiger partial charge >= 0.3 is 0 Å². The maximum absolute atomic E-state index is 12.8. The summed E-state index contributed by atoms with van der Waals surface area (Å²) in [5, 5.41) is 3.31. The Morgan fingerprint density at radius 3 is 2.50 bits per heavy atom. The van der Waals surface area contributed by atoms with Crippen molar-refractivity contribution in [1.82, 2.24) is 9.62 Å². The van der Waals surface area contributed by atoms with Crippen molar-refractivity contribution in [3.05, 3.63) is 17.0 Å². The molecule has 2 unspecified atom stereocenters. The standard InChI is InChI=1S/C14H24N2O2S2/c1-10-11(2)16(9-8-15-10)20(17,18)13-7-6-12(19-13)14(3,4)5/h6-7,10-11,15H,8-9H2,1-5H3. The van der Waals surface area contributed by atoms with Crippen molar-refractivity contribution in [3.63, 3.8) is 0 Å². The predicted octanol–water partition coefficient (Wildman–Crippen LogP) is 2.42. The van der Waals surface area contributed by atoms with Gasteiger partial charge in [-0.05, 0) is 31.4 Å².